The van der Waals surface area contributed by atoms with E-state index in [4.69, 9.17) is 4.74 Å². The highest BCUT2D eigenvalue weighted by atomic mass is 19.4. The molecular formula is C27H32F5N3O. The van der Waals surface area contributed by atoms with Crippen LogP contribution in [0.25, 0.3) is 5.57 Å². The van der Waals surface area contributed by atoms with Crippen molar-refractivity contribution in [3.63, 3.8) is 0 Å². The normalized spacial score (nSPS) is 19.9. The molecule has 0 fully saturated rings. The minimum Gasteiger partial charge on any atom is -0.496 e. The second-order valence-corrected chi connectivity index (χ2v) is 9.37. The predicted octanol–water partition coefficient (Wildman–Crippen LogP) is 5.90. The number of halogens is 5. The maximum atomic E-state index is 14.9. The first-order valence-electron chi connectivity index (χ1n) is 12.2. The van der Waals surface area contributed by atoms with Crippen LogP contribution in [0.4, 0.5) is 27.6 Å². The number of nitrogens with one attached hydrogen (secondary N) is 2. The van der Waals surface area contributed by atoms with E-state index in [1.165, 1.54) is 18.1 Å². The minimum atomic E-state index is -4.39. The molecule has 1 aliphatic heterocycles. The molecular weight excluding hydrogens is 477 g/mol. The molecule has 0 amide bonds. The van der Waals surface area contributed by atoms with Crippen LogP contribution in [-0.4, -0.2) is 57.1 Å². The number of anilines is 1. The van der Waals surface area contributed by atoms with Crippen molar-refractivity contribution in [2.24, 2.45) is 0 Å². The van der Waals surface area contributed by atoms with Crippen molar-refractivity contribution >= 4 is 11.3 Å². The van der Waals surface area contributed by atoms with Gasteiger partial charge in [0, 0.05) is 30.8 Å². The van der Waals surface area contributed by atoms with Crippen LogP contribution in [0.1, 0.15) is 42.5 Å². The highest BCUT2D eigenvalue weighted by molar-refractivity contribution is 5.79. The van der Waals surface area contributed by atoms with Gasteiger partial charge in [-0.3, -0.25) is 9.29 Å². The fraction of sp³-hybridized carbons (Fsp3) is 0.481. The zero-order valence-corrected chi connectivity index (χ0v) is 20.5. The summed E-state index contributed by atoms with van der Waals surface area (Å²) in [7, 11) is 1.40. The first kappa shape index (κ1) is 26.4. The summed E-state index contributed by atoms with van der Waals surface area (Å²) < 4.78 is 73.9. The smallest absolute Gasteiger partial charge is 0.401 e. The molecule has 1 aliphatic carbocycles. The highest BCUT2D eigenvalue weighted by Crippen LogP contribution is 2.51. The highest BCUT2D eigenvalue weighted by Gasteiger charge is 2.44. The summed E-state index contributed by atoms with van der Waals surface area (Å²) in [6.45, 7) is 1.70. The van der Waals surface area contributed by atoms with E-state index in [1.54, 1.807) is 6.07 Å². The number of benzene rings is 2. The number of fused-ring (bicyclic) bond motifs is 2. The van der Waals surface area contributed by atoms with Crippen molar-refractivity contribution in [3.05, 3.63) is 64.5 Å². The summed E-state index contributed by atoms with van der Waals surface area (Å²) in [5, 5.41) is 6.09. The molecule has 0 saturated carbocycles. The number of nitrogens with zero attached hydrogens (tertiary/aromatic N) is 1. The van der Waals surface area contributed by atoms with Gasteiger partial charge in [0.15, 0.2) is 0 Å². The van der Waals surface area contributed by atoms with Crippen molar-refractivity contribution in [3.8, 4) is 5.75 Å². The van der Waals surface area contributed by atoms with E-state index in [-0.39, 0.29) is 17.5 Å². The molecule has 36 heavy (non-hydrogen) atoms. The molecule has 2 aromatic rings. The maximum absolute atomic E-state index is 14.9. The van der Waals surface area contributed by atoms with Gasteiger partial charge in [-0.15, -0.1) is 0 Å². The van der Waals surface area contributed by atoms with Crippen molar-refractivity contribution in [2.45, 2.75) is 44.4 Å². The molecule has 0 aromatic heterocycles. The molecule has 196 valence electrons. The number of alkyl halides is 4. The minimum absolute atomic E-state index is 0.195. The Morgan fingerprint density at radius 3 is 2.61 bits per heavy atom. The van der Waals surface area contributed by atoms with Crippen LogP contribution >= 0.6 is 0 Å². The Morgan fingerprint density at radius 1 is 1.11 bits per heavy atom. The van der Waals surface area contributed by atoms with Crippen molar-refractivity contribution < 1.29 is 26.7 Å². The van der Waals surface area contributed by atoms with E-state index in [2.05, 4.69) is 10.6 Å². The van der Waals surface area contributed by atoms with E-state index in [9.17, 15) is 22.0 Å². The third-order valence-corrected chi connectivity index (χ3v) is 6.92. The Morgan fingerprint density at radius 2 is 1.89 bits per heavy atom. The predicted molar refractivity (Wildman–Crippen MR) is 132 cm³/mol. The number of hydrogen-bond acceptors (Lipinski definition) is 4. The van der Waals surface area contributed by atoms with Gasteiger partial charge in [0.05, 0.1) is 32.1 Å². The molecule has 0 spiro atoms. The Bertz CT molecular complexity index is 1100. The van der Waals surface area contributed by atoms with Crippen LogP contribution in [0.5, 0.6) is 5.75 Å². The molecule has 2 N–H and O–H groups in total. The lowest BCUT2D eigenvalue weighted by Gasteiger charge is -2.43. The SMILES string of the molecule is COc1cc(F)c(NCCNCCCF)cc1[C@@H]1C2=C(C[C@@H](C)N1CC(F)(F)F)c1ccccc1C2. The fourth-order valence-electron chi connectivity index (χ4n) is 5.34. The second-order valence-electron chi connectivity index (χ2n) is 9.37. The molecule has 4 nitrogen and oxygen atoms in total. The number of methoxy groups -OCH3 is 1. The van der Waals surface area contributed by atoms with Crippen LogP contribution in [0, 0.1) is 5.82 Å². The Kier molecular flexibility index (Phi) is 8.20. The van der Waals surface area contributed by atoms with Gasteiger partial charge in [-0.2, -0.15) is 13.2 Å². The summed E-state index contributed by atoms with van der Waals surface area (Å²) in [4.78, 5) is 1.46. The lowest BCUT2D eigenvalue weighted by molar-refractivity contribution is -0.155. The van der Waals surface area contributed by atoms with Gasteiger partial charge in [0.25, 0.3) is 0 Å². The van der Waals surface area contributed by atoms with Crippen LogP contribution in [-0.2, 0) is 6.42 Å². The van der Waals surface area contributed by atoms with Crippen LogP contribution in [0.15, 0.2) is 42.0 Å². The third kappa shape index (κ3) is 5.67. The summed E-state index contributed by atoms with van der Waals surface area (Å²) in [5.41, 5.74) is 4.84. The topological polar surface area (TPSA) is 36.5 Å². The molecule has 4 rings (SSSR count). The molecule has 0 unspecified atom stereocenters. The average Bonchev–Trinajstić information content (AvgIpc) is 3.19. The zero-order chi connectivity index (χ0) is 25.9. The number of ether oxygens (including phenoxy) is 1. The first-order valence-corrected chi connectivity index (χ1v) is 12.2. The van der Waals surface area contributed by atoms with Crippen molar-refractivity contribution in [2.75, 3.05) is 45.3 Å². The van der Waals surface area contributed by atoms with E-state index < -0.39 is 31.3 Å². The standard InChI is InChI=1S/C27H32F5N3O/c1-17-12-20-19-7-4-3-6-18(19)13-21(20)26(35(17)16-27(30,31)32)22-14-24(23(29)15-25(22)36-2)34-11-10-33-9-5-8-28/h3-4,6-7,14-15,17,26,33-34H,5,8-13,16H2,1-2H3/t17-,26+/m1/s1. The molecule has 2 aromatic carbocycles. The summed E-state index contributed by atoms with van der Waals surface area (Å²) in [6, 6.07) is 9.63. The van der Waals surface area contributed by atoms with Gasteiger partial charge >= 0.3 is 6.18 Å². The van der Waals surface area contributed by atoms with Crippen LogP contribution in [0.3, 0.4) is 0 Å². The summed E-state index contributed by atoms with van der Waals surface area (Å²) in [5.74, 6) is -0.331. The van der Waals surface area contributed by atoms with Gasteiger partial charge in [0.1, 0.15) is 11.6 Å². The number of rotatable bonds is 10. The quantitative estimate of drug-likeness (QED) is 0.309. The van der Waals surface area contributed by atoms with Gasteiger partial charge in [-0.1, -0.05) is 24.3 Å². The van der Waals surface area contributed by atoms with Crippen LogP contribution < -0.4 is 15.4 Å². The van der Waals surface area contributed by atoms with E-state index in [1.807, 2.05) is 31.2 Å². The van der Waals surface area contributed by atoms with Gasteiger partial charge in [0.2, 0.25) is 0 Å². The fourth-order valence-corrected chi connectivity index (χ4v) is 5.34. The molecule has 2 atom stereocenters. The lowest BCUT2D eigenvalue weighted by atomic mass is 9.84. The maximum Gasteiger partial charge on any atom is 0.401 e. The molecule has 0 saturated heterocycles. The number of hydrogen-bond donors (Lipinski definition) is 2. The summed E-state index contributed by atoms with van der Waals surface area (Å²) in [6.07, 6.45) is -2.94. The first-order chi connectivity index (χ1) is 17.2. The molecule has 0 bridgehead atoms. The van der Waals surface area contributed by atoms with Crippen LogP contribution in [0.2, 0.25) is 0 Å². The van der Waals surface area contributed by atoms with Crippen molar-refractivity contribution in [1.82, 2.24) is 10.2 Å². The molecule has 0 radical (unpaired) electrons. The average molecular weight is 510 g/mol. The molecule has 9 heteroatoms. The van der Waals surface area contributed by atoms with Gasteiger partial charge in [-0.25, -0.2) is 4.39 Å². The van der Waals surface area contributed by atoms with E-state index in [0.29, 0.717) is 44.5 Å². The largest absolute Gasteiger partial charge is 0.496 e. The summed E-state index contributed by atoms with van der Waals surface area (Å²) >= 11 is 0. The zero-order valence-electron chi connectivity index (χ0n) is 20.5. The van der Waals surface area contributed by atoms with E-state index in [0.717, 1.165) is 22.3 Å². The van der Waals surface area contributed by atoms with Gasteiger partial charge < -0.3 is 15.4 Å². The van der Waals surface area contributed by atoms with Crippen molar-refractivity contribution in [1.29, 1.82) is 0 Å². The Hall–Kier alpha value is -2.65. The Labute approximate surface area is 208 Å². The monoisotopic (exact) mass is 509 g/mol. The molecule has 2 aliphatic rings. The third-order valence-electron chi connectivity index (χ3n) is 6.92. The van der Waals surface area contributed by atoms with E-state index >= 15 is 0 Å². The molecule has 1 heterocycles. The van der Waals surface area contributed by atoms with Gasteiger partial charge in [-0.05, 0) is 61.1 Å². The Balaban J connectivity index is 1.72. The second kappa shape index (κ2) is 11.2. The lowest BCUT2D eigenvalue weighted by Crippen LogP contribution is -2.46.